The molecule has 0 aliphatic carbocycles. The molecule has 6 heterocycles. The zero-order valence-corrected chi connectivity index (χ0v) is 75.5. The molecule has 0 unspecified atom stereocenters. The number of aliphatic hydroxyl groups is 2. The van der Waals surface area contributed by atoms with Gasteiger partial charge in [0.1, 0.15) is 84.3 Å². The Hall–Kier alpha value is -14.0. The van der Waals surface area contributed by atoms with Crippen LogP contribution >= 0.6 is 11.8 Å². The van der Waals surface area contributed by atoms with Crippen LogP contribution in [0.4, 0.5) is 0 Å². The number of aliphatic carboxylic acids is 1. The predicted molar refractivity (Wildman–Crippen MR) is 482 cm³/mol. The zero-order chi connectivity index (χ0) is 97.1. The number of para-hydroxylation sites is 1. The number of aromatic nitrogens is 7. The van der Waals surface area contributed by atoms with E-state index in [1.54, 1.807) is 48.7 Å². The number of phenolic OH excluding ortho intramolecular Hbond substituents is 1. The first kappa shape index (κ1) is 102. The molecule has 7 aromatic rings. The van der Waals surface area contributed by atoms with Gasteiger partial charge in [0, 0.05) is 107 Å². The van der Waals surface area contributed by atoms with Crippen molar-refractivity contribution >= 4 is 134 Å². The number of imidazole rings is 1. The standard InChI is InChI=1S/C88H116N24O21S/c1-6-8-22-67-82(127)102-64(38-89)80(125)104-66(77(122)94-41-72(91)117)44-134-45-73(118)96-62(32-48-25-27-53(114)28-26-48)85(130)108(4)47(3)76(121)101-63(37-71(90)116)87(132)110-31-15-24-68(110)83(128)100-61(35-52-40-92-46-95-52)79(124)97-58(29-30-74(119)120)86(131)111-42-54(115)36-70(111)84(129)99-60(34-51-39-93-57-21-13-12-20-56(51)57)78(123)103-65(43-113)81(126)98-59(33-50-18-14-17-49-16-10-11-19-55(49)50)75-105-106-107-112(75)69(23-9-7-2)88(133)109(67)5/h10-14,16-21,25-28,39-40,46-47,54,58-70,93,113-115H,6-9,15,22-24,29-38,41-45,89H2,1-5H3,(H2,90,116)(H2,91,117)(H,92,95)(H,94,122)(H,96,118)(H,97,124)(H,98,126)(H,99,129)(H,100,128)(H,101,121)(H,102,127)(H,103,123)(H,104,125)(H,119,120)/t47-,54+,58-,59-,60-,61-,62-,63-,64-,65-,66-,67-,68-,69-,70-/m0/s1. The molecule has 0 bridgehead atoms. The van der Waals surface area contributed by atoms with Crippen molar-refractivity contribution in [2.24, 2.45) is 17.2 Å². The fourth-order valence-corrected chi connectivity index (χ4v) is 17.2. The monoisotopic (exact) mass is 1880 g/mol. The van der Waals surface area contributed by atoms with Gasteiger partial charge in [-0.2, -0.15) is 0 Å². The number of carboxylic acid groups (broad SMARTS) is 1. The SMILES string of the molecule is CCCC[C@H]1C(=O)N[C@@H](CN)C(=O)N[C@H](C(=O)NCC(N)=O)CSCC(=O)N[C@@H](Cc2ccc(O)cc2)C(=O)N(C)[C@@H](C)C(=O)N[C@@H](CC(N)=O)C(=O)N2CCC[C@H]2C(=O)N[C@@H](Cc2cnc[nH]2)C(=O)N[C@@H](CCC(=O)O)C(=O)N2C[C@H](O)C[C@H]2C(=O)N[C@@H](Cc2c[nH]c3ccccc23)C(=O)N[C@@H](CO)C(=O)N[C@@H](Cc2cccc3ccccc23)c2nnnn2[C@@H](CCCC)C(=O)N1C. The summed E-state index contributed by atoms with van der Waals surface area (Å²) in [5.74, 6) is -18.7. The van der Waals surface area contributed by atoms with Gasteiger partial charge in [-0.15, -0.1) is 16.9 Å². The van der Waals surface area contributed by atoms with E-state index in [0.29, 0.717) is 58.7 Å². The van der Waals surface area contributed by atoms with E-state index in [1.807, 2.05) is 38.1 Å². The van der Waals surface area contributed by atoms with Gasteiger partial charge < -0.3 is 120 Å². The van der Waals surface area contributed by atoms with Gasteiger partial charge in [-0.05, 0) is 95.1 Å². The highest BCUT2D eigenvalue weighted by molar-refractivity contribution is 8.00. The van der Waals surface area contributed by atoms with E-state index in [9.17, 15) is 73.2 Å². The summed E-state index contributed by atoms with van der Waals surface area (Å²) in [6, 6.07) is 2.70. The third-order valence-electron chi connectivity index (χ3n) is 23.7. The Morgan fingerprint density at radius 1 is 0.582 bits per heavy atom. The average Bonchev–Trinajstić information content (AvgIpc) is 1.61. The molecule has 3 aliphatic rings. The molecule has 3 aliphatic heterocycles. The minimum Gasteiger partial charge on any atom is -0.508 e. The van der Waals surface area contributed by atoms with Gasteiger partial charge in [0.15, 0.2) is 5.82 Å². The number of nitrogens with zero attached hydrogens (tertiary/aromatic N) is 9. The van der Waals surface area contributed by atoms with Gasteiger partial charge in [0.2, 0.25) is 94.5 Å². The summed E-state index contributed by atoms with van der Waals surface area (Å²) in [6.45, 7) is 1.76. The van der Waals surface area contributed by atoms with Crippen LogP contribution in [0.25, 0.3) is 21.7 Å². The molecule has 22 N–H and O–H groups in total. The number of rotatable bonds is 24. The zero-order valence-electron chi connectivity index (χ0n) is 74.7. The molecule has 134 heavy (non-hydrogen) atoms. The number of tetrazole rings is 1. The minimum atomic E-state index is -1.87. The normalized spacial score (nSPS) is 24.6. The summed E-state index contributed by atoms with van der Waals surface area (Å²) in [4.78, 5) is 260. The summed E-state index contributed by atoms with van der Waals surface area (Å²) >= 11 is 0.752. The Morgan fingerprint density at radius 2 is 1.19 bits per heavy atom. The lowest BCUT2D eigenvalue weighted by molar-refractivity contribution is -0.145. The van der Waals surface area contributed by atoms with Crippen molar-refractivity contribution < 1.29 is 102 Å². The van der Waals surface area contributed by atoms with Crippen molar-refractivity contribution in [2.45, 2.75) is 214 Å². The number of hydrogen-bond donors (Lipinski definition) is 19. The third-order valence-corrected chi connectivity index (χ3v) is 24.8. The summed E-state index contributed by atoms with van der Waals surface area (Å²) in [5.41, 5.74) is 19.6. The van der Waals surface area contributed by atoms with Crippen LogP contribution in [0, 0.1) is 0 Å². The Bertz CT molecular complexity index is 5380. The summed E-state index contributed by atoms with van der Waals surface area (Å²) in [6.07, 6.45) is 0.484. The van der Waals surface area contributed by atoms with E-state index in [1.165, 1.54) is 62.5 Å². The van der Waals surface area contributed by atoms with Crippen molar-refractivity contribution in [3.05, 3.63) is 138 Å². The topological polar surface area (TPSA) is 670 Å². The van der Waals surface area contributed by atoms with Crippen LogP contribution < -0.4 is 70.4 Å². The Balaban J connectivity index is 1.02. The highest BCUT2D eigenvalue weighted by atomic mass is 32.2. The fourth-order valence-electron chi connectivity index (χ4n) is 16.4. The number of aromatic hydroxyl groups is 1. The van der Waals surface area contributed by atoms with E-state index in [2.05, 4.69) is 83.6 Å². The van der Waals surface area contributed by atoms with Crippen LogP contribution in [0.5, 0.6) is 5.75 Å². The number of benzene rings is 4. The van der Waals surface area contributed by atoms with E-state index < -0.39 is 261 Å². The Labute approximate surface area is 773 Å². The van der Waals surface area contributed by atoms with Crippen LogP contribution in [0.15, 0.2) is 110 Å². The summed E-state index contributed by atoms with van der Waals surface area (Å²) in [5, 5.41) is 83.9. The van der Waals surface area contributed by atoms with E-state index in [0.717, 1.165) is 36.7 Å². The van der Waals surface area contributed by atoms with Crippen molar-refractivity contribution in [3.63, 3.8) is 0 Å². The molecule has 10 rings (SSSR count). The van der Waals surface area contributed by atoms with Crippen molar-refractivity contribution in [1.82, 2.24) is 108 Å². The predicted octanol–water partition coefficient (Wildman–Crippen LogP) is -3.67. The molecular formula is C88H116N24O21S. The molecule has 4 aromatic carbocycles. The number of hydrogen-bond acceptors (Lipinski definition) is 26. The van der Waals surface area contributed by atoms with Crippen LogP contribution in [0.3, 0.4) is 0 Å². The number of unbranched alkanes of at least 4 members (excludes halogenated alkanes) is 2. The first-order chi connectivity index (χ1) is 64.1. The van der Waals surface area contributed by atoms with Gasteiger partial charge in [0.25, 0.3) is 0 Å². The minimum absolute atomic E-state index is 0.00654. The van der Waals surface area contributed by atoms with Gasteiger partial charge >= 0.3 is 5.97 Å². The third kappa shape index (κ3) is 27.1. The van der Waals surface area contributed by atoms with Gasteiger partial charge in [-0.25, -0.2) is 9.67 Å². The average molecular weight is 1880 g/mol. The number of nitrogens with one attached hydrogen (secondary N) is 12. The number of carbonyl (C=O) groups is 17. The molecule has 720 valence electrons. The first-order valence-electron chi connectivity index (χ1n) is 44.1. The molecule has 46 heteroatoms. The molecule has 0 spiro atoms. The smallest absolute Gasteiger partial charge is 0.303 e. The second kappa shape index (κ2) is 48.4. The van der Waals surface area contributed by atoms with E-state index in [4.69, 9.17) is 17.2 Å². The molecule has 15 atom stereocenters. The summed E-state index contributed by atoms with van der Waals surface area (Å²) < 4.78 is 1.20. The second-order valence-electron chi connectivity index (χ2n) is 33.3. The molecule has 0 saturated carbocycles. The van der Waals surface area contributed by atoms with Crippen LogP contribution in [-0.2, 0) is 107 Å². The Kier molecular flexibility index (Phi) is 36.9. The van der Waals surface area contributed by atoms with Crippen LogP contribution in [0.2, 0.25) is 0 Å². The van der Waals surface area contributed by atoms with E-state index in [-0.39, 0.29) is 68.8 Å². The van der Waals surface area contributed by atoms with Crippen molar-refractivity contribution in [1.29, 1.82) is 0 Å². The lowest BCUT2D eigenvalue weighted by Crippen LogP contribution is -2.61. The van der Waals surface area contributed by atoms with Crippen molar-refractivity contribution in [3.8, 4) is 5.75 Å². The lowest BCUT2D eigenvalue weighted by Gasteiger charge is -2.32. The number of carboxylic acids is 1. The maximum Gasteiger partial charge on any atom is 0.303 e. The van der Waals surface area contributed by atoms with Gasteiger partial charge in [-0.1, -0.05) is 112 Å². The number of likely N-dealkylation sites (N-methyl/N-ethyl adjacent to an activating group) is 2. The Morgan fingerprint density at radius 3 is 1.87 bits per heavy atom. The fraction of sp³-hybridized carbons (Fsp3) is 0.489. The van der Waals surface area contributed by atoms with Crippen molar-refractivity contribution in [2.75, 3.05) is 58.4 Å². The number of H-pyrrole nitrogens is 2. The van der Waals surface area contributed by atoms with Gasteiger partial charge in [0.05, 0.1) is 43.8 Å². The number of aliphatic hydroxyl groups excluding tert-OH is 2. The van der Waals surface area contributed by atoms with Crippen LogP contribution in [-0.4, -0.2) is 313 Å². The molecule has 16 amide bonds. The highest BCUT2D eigenvalue weighted by Crippen LogP contribution is 2.31. The quantitative estimate of drug-likeness (QED) is 0.0277. The van der Waals surface area contributed by atoms with Crippen LogP contribution in [0.1, 0.15) is 138 Å². The number of fused-ring (bicyclic) bond motifs is 5. The molecular weight excluding hydrogens is 1760 g/mol. The first-order valence-corrected chi connectivity index (χ1v) is 45.3. The number of amides is 16. The van der Waals surface area contributed by atoms with E-state index >= 15 is 28.8 Å². The lowest BCUT2D eigenvalue weighted by atomic mass is 9.97. The highest BCUT2D eigenvalue weighted by Gasteiger charge is 2.47. The largest absolute Gasteiger partial charge is 0.508 e. The number of nitrogens with two attached hydrogens (primary N) is 3. The number of carbonyl (C=O) groups excluding carboxylic acids is 16. The molecule has 2 saturated heterocycles. The number of primary amides is 2. The maximum absolute atomic E-state index is 15.7. The molecule has 3 aromatic heterocycles. The maximum atomic E-state index is 15.7. The number of phenols is 1. The molecule has 2 fully saturated rings. The summed E-state index contributed by atoms with van der Waals surface area (Å²) in [7, 11) is 2.55. The number of aromatic amines is 2. The number of thioether (sulfide) groups is 1. The molecule has 0 radical (unpaired) electrons. The van der Waals surface area contributed by atoms with Gasteiger partial charge in [-0.3, -0.25) is 81.5 Å². The second-order valence-corrected chi connectivity index (χ2v) is 34.4. The molecule has 45 nitrogen and oxygen atoms in total.